The molecule has 2 nitrogen and oxygen atoms in total. The predicted octanol–water partition coefficient (Wildman–Crippen LogP) is 4.75. The molecule has 0 saturated carbocycles. The molecule has 0 aliphatic carbocycles. The van der Waals surface area contributed by atoms with Gasteiger partial charge in [-0.1, -0.05) is 29.3 Å². The summed E-state index contributed by atoms with van der Waals surface area (Å²) in [5.41, 5.74) is 1.51. The van der Waals surface area contributed by atoms with Crippen molar-refractivity contribution in [3.05, 3.63) is 57.8 Å². The Hall–Kier alpha value is -1.45. The second kappa shape index (κ2) is 6.13. The Labute approximate surface area is 121 Å². The summed E-state index contributed by atoms with van der Waals surface area (Å²) in [6.45, 7) is 0.445. The molecular weight excluding hydrogens is 288 g/mol. The van der Waals surface area contributed by atoms with Crippen LogP contribution >= 0.6 is 23.2 Å². The Bertz CT molecular complexity index is 590. The van der Waals surface area contributed by atoms with Crippen molar-refractivity contribution in [2.75, 3.05) is 12.4 Å². The molecule has 0 bridgehead atoms. The zero-order chi connectivity index (χ0) is 13.8. The van der Waals surface area contributed by atoms with Gasteiger partial charge in [0, 0.05) is 12.6 Å². The lowest BCUT2D eigenvalue weighted by atomic mass is 10.2. The van der Waals surface area contributed by atoms with Gasteiger partial charge < -0.3 is 10.1 Å². The number of hydrogen-bond donors (Lipinski definition) is 1. The quantitative estimate of drug-likeness (QED) is 0.879. The van der Waals surface area contributed by atoms with Crippen molar-refractivity contribution in [1.82, 2.24) is 0 Å². The van der Waals surface area contributed by atoms with Crippen LogP contribution in [0.5, 0.6) is 5.75 Å². The average Bonchev–Trinajstić information content (AvgIpc) is 2.41. The zero-order valence-electron chi connectivity index (χ0n) is 10.2. The fourth-order valence-corrected chi connectivity index (χ4v) is 1.92. The van der Waals surface area contributed by atoms with Crippen LogP contribution in [0.1, 0.15) is 5.56 Å². The van der Waals surface area contributed by atoms with Gasteiger partial charge in [0.25, 0.3) is 0 Å². The third-order valence-electron chi connectivity index (χ3n) is 2.64. The Morgan fingerprint density at radius 1 is 1.11 bits per heavy atom. The number of rotatable bonds is 4. The molecule has 0 amide bonds. The number of hydrogen-bond acceptors (Lipinski definition) is 2. The molecular formula is C14H12Cl2FNO. The zero-order valence-corrected chi connectivity index (χ0v) is 11.7. The van der Waals surface area contributed by atoms with Crippen LogP contribution in [0.15, 0.2) is 36.4 Å². The van der Waals surface area contributed by atoms with E-state index in [4.69, 9.17) is 27.9 Å². The topological polar surface area (TPSA) is 21.3 Å². The van der Waals surface area contributed by atoms with Gasteiger partial charge in [-0.25, -0.2) is 4.39 Å². The maximum atomic E-state index is 13.3. The van der Waals surface area contributed by atoms with Gasteiger partial charge in [-0.3, -0.25) is 0 Å². The molecule has 0 saturated heterocycles. The molecule has 0 unspecified atom stereocenters. The van der Waals surface area contributed by atoms with Crippen molar-refractivity contribution in [2.45, 2.75) is 6.54 Å². The third kappa shape index (κ3) is 3.52. The van der Waals surface area contributed by atoms with Crippen molar-refractivity contribution >= 4 is 28.9 Å². The van der Waals surface area contributed by atoms with Crippen molar-refractivity contribution in [3.63, 3.8) is 0 Å². The molecule has 5 heteroatoms. The predicted molar refractivity (Wildman–Crippen MR) is 76.7 cm³/mol. The van der Waals surface area contributed by atoms with E-state index in [0.717, 1.165) is 11.3 Å². The molecule has 0 atom stereocenters. The van der Waals surface area contributed by atoms with E-state index < -0.39 is 5.82 Å². The highest BCUT2D eigenvalue weighted by Crippen LogP contribution is 2.27. The van der Waals surface area contributed by atoms with Gasteiger partial charge in [-0.2, -0.15) is 0 Å². The molecule has 2 aromatic carbocycles. The van der Waals surface area contributed by atoms with Gasteiger partial charge in [0.2, 0.25) is 0 Å². The summed E-state index contributed by atoms with van der Waals surface area (Å²) in [6, 6.07) is 9.98. The van der Waals surface area contributed by atoms with Crippen LogP contribution in [0.25, 0.3) is 0 Å². The minimum absolute atomic E-state index is 0.114. The largest absolute Gasteiger partial charge is 0.497 e. The fourth-order valence-electron chi connectivity index (χ4n) is 1.61. The van der Waals surface area contributed by atoms with E-state index in [1.54, 1.807) is 31.4 Å². The van der Waals surface area contributed by atoms with Gasteiger partial charge in [0.05, 0.1) is 22.8 Å². The number of anilines is 1. The highest BCUT2D eigenvalue weighted by Gasteiger charge is 2.04. The van der Waals surface area contributed by atoms with Crippen LogP contribution in [0, 0.1) is 5.82 Å². The van der Waals surface area contributed by atoms with Crippen molar-refractivity contribution in [3.8, 4) is 5.75 Å². The average molecular weight is 300 g/mol. The van der Waals surface area contributed by atoms with Crippen molar-refractivity contribution in [1.29, 1.82) is 0 Å². The van der Waals surface area contributed by atoms with Crippen molar-refractivity contribution in [2.24, 2.45) is 0 Å². The Kier molecular flexibility index (Phi) is 4.51. The van der Waals surface area contributed by atoms with Gasteiger partial charge in [-0.15, -0.1) is 0 Å². The summed E-state index contributed by atoms with van der Waals surface area (Å²) in [5.74, 6) is 0.270. The van der Waals surface area contributed by atoms with Gasteiger partial charge in [0.15, 0.2) is 0 Å². The maximum absolute atomic E-state index is 13.3. The number of benzene rings is 2. The summed E-state index contributed by atoms with van der Waals surface area (Å²) in [7, 11) is 1.58. The molecule has 19 heavy (non-hydrogen) atoms. The second-order valence-electron chi connectivity index (χ2n) is 3.95. The lowest BCUT2D eigenvalue weighted by Crippen LogP contribution is -2.01. The maximum Gasteiger partial charge on any atom is 0.142 e. The lowest BCUT2D eigenvalue weighted by molar-refractivity contribution is 0.415. The highest BCUT2D eigenvalue weighted by molar-refractivity contribution is 6.33. The SMILES string of the molecule is COc1ccc(Cl)c(NCc2ccc(Cl)c(F)c2)c1. The van der Waals surface area contributed by atoms with Gasteiger partial charge in [0.1, 0.15) is 11.6 Å². The molecule has 0 aliphatic heterocycles. The van der Waals surface area contributed by atoms with E-state index in [-0.39, 0.29) is 5.02 Å². The van der Waals surface area contributed by atoms with Crippen LogP contribution in [0.3, 0.4) is 0 Å². The molecule has 0 fully saturated rings. The summed E-state index contributed by atoms with van der Waals surface area (Å²) < 4.78 is 18.4. The standard InChI is InChI=1S/C14H12Cl2FNO/c1-19-10-3-5-12(16)14(7-10)18-8-9-2-4-11(15)13(17)6-9/h2-7,18H,8H2,1H3. The Balaban J connectivity index is 2.11. The monoisotopic (exact) mass is 299 g/mol. The summed E-state index contributed by atoms with van der Waals surface area (Å²) in [5, 5.41) is 3.82. The van der Waals surface area contributed by atoms with E-state index in [9.17, 15) is 4.39 Å². The number of nitrogens with one attached hydrogen (secondary N) is 1. The number of methoxy groups -OCH3 is 1. The van der Waals surface area contributed by atoms with Crippen LogP contribution in [0.2, 0.25) is 10.0 Å². The first-order valence-corrected chi connectivity index (χ1v) is 6.37. The second-order valence-corrected chi connectivity index (χ2v) is 4.76. The third-order valence-corrected chi connectivity index (χ3v) is 3.28. The first-order valence-electron chi connectivity index (χ1n) is 5.61. The first kappa shape index (κ1) is 14.0. The fraction of sp³-hybridized carbons (Fsp3) is 0.143. The van der Waals surface area contributed by atoms with Crippen LogP contribution in [-0.4, -0.2) is 7.11 Å². The molecule has 1 N–H and O–H groups in total. The molecule has 100 valence electrons. The molecule has 0 spiro atoms. The molecule has 2 aromatic rings. The highest BCUT2D eigenvalue weighted by atomic mass is 35.5. The molecule has 0 heterocycles. The minimum Gasteiger partial charge on any atom is -0.497 e. The summed E-state index contributed by atoms with van der Waals surface area (Å²) in [6.07, 6.45) is 0. The molecule has 2 rings (SSSR count). The van der Waals surface area contributed by atoms with Crippen LogP contribution in [0.4, 0.5) is 10.1 Å². The van der Waals surface area contributed by atoms with E-state index in [2.05, 4.69) is 5.32 Å². The van der Waals surface area contributed by atoms with E-state index >= 15 is 0 Å². The normalized spacial score (nSPS) is 10.3. The smallest absolute Gasteiger partial charge is 0.142 e. The molecule has 0 aliphatic rings. The van der Waals surface area contributed by atoms with Crippen LogP contribution in [-0.2, 0) is 6.54 Å². The van der Waals surface area contributed by atoms with Gasteiger partial charge >= 0.3 is 0 Å². The van der Waals surface area contributed by atoms with E-state index in [1.165, 1.54) is 12.1 Å². The van der Waals surface area contributed by atoms with Crippen LogP contribution < -0.4 is 10.1 Å². The summed E-state index contributed by atoms with van der Waals surface area (Å²) >= 11 is 11.7. The Morgan fingerprint density at radius 3 is 2.53 bits per heavy atom. The van der Waals surface area contributed by atoms with E-state index in [1.807, 2.05) is 0 Å². The number of ether oxygens (including phenoxy) is 1. The summed E-state index contributed by atoms with van der Waals surface area (Å²) in [4.78, 5) is 0. The minimum atomic E-state index is -0.433. The Morgan fingerprint density at radius 2 is 1.84 bits per heavy atom. The molecule has 0 radical (unpaired) electrons. The van der Waals surface area contributed by atoms with E-state index in [0.29, 0.717) is 17.3 Å². The van der Waals surface area contributed by atoms with Gasteiger partial charge in [-0.05, 0) is 29.8 Å². The van der Waals surface area contributed by atoms with Crippen molar-refractivity contribution < 1.29 is 9.13 Å². The first-order chi connectivity index (χ1) is 9.10. The molecule has 0 aromatic heterocycles. The lowest BCUT2D eigenvalue weighted by Gasteiger charge is -2.10. The number of halogens is 3.